The minimum Gasteiger partial charge on any atom is -0.338 e. The second kappa shape index (κ2) is 7.14. The van der Waals surface area contributed by atoms with Crippen molar-refractivity contribution in [3.8, 4) is 0 Å². The summed E-state index contributed by atoms with van der Waals surface area (Å²) in [6, 6.07) is 6.84. The third kappa shape index (κ3) is 5.56. The van der Waals surface area contributed by atoms with Crippen LogP contribution >= 0.6 is 11.6 Å². The second-order valence-corrected chi connectivity index (χ2v) is 4.44. The quantitative estimate of drug-likeness (QED) is 0.756. The Morgan fingerprint density at radius 3 is 2.82 bits per heavy atom. The van der Waals surface area contributed by atoms with E-state index in [0.29, 0.717) is 23.2 Å². The number of rotatable bonds is 5. The largest absolute Gasteiger partial charge is 0.338 e. The Labute approximate surface area is 107 Å². The molecule has 0 radical (unpaired) electrons. The van der Waals surface area contributed by atoms with Crippen molar-refractivity contribution in [2.24, 2.45) is 5.92 Å². The van der Waals surface area contributed by atoms with E-state index in [9.17, 15) is 4.79 Å². The molecule has 94 valence electrons. The van der Waals surface area contributed by atoms with Crippen molar-refractivity contribution in [1.29, 1.82) is 0 Å². The maximum absolute atomic E-state index is 11.5. The van der Waals surface area contributed by atoms with Gasteiger partial charge in [-0.3, -0.25) is 0 Å². The topological polar surface area (TPSA) is 53.2 Å². The molecule has 1 atom stereocenters. The Morgan fingerprint density at radius 1 is 1.41 bits per heavy atom. The number of hydrogen-bond acceptors (Lipinski definition) is 2. The highest BCUT2D eigenvalue weighted by Gasteiger charge is 2.04. The van der Waals surface area contributed by atoms with Crippen molar-refractivity contribution >= 4 is 23.3 Å². The molecule has 0 aliphatic carbocycles. The first kappa shape index (κ1) is 13.8. The van der Waals surface area contributed by atoms with Crippen LogP contribution in [-0.2, 0) is 0 Å². The highest BCUT2D eigenvalue weighted by molar-refractivity contribution is 6.30. The average molecular weight is 256 g/mol. The number of benzene rings is 1. The van der Waals surface area contributed by atoms with Gasteiger partial charge < -0.3 is 16.0 Å². The molecule has 0 bridgehead atoms. The molecule has 1 aromatic carbocycles. The van der Waals surface area contributed by atoms with Crippen molar-refractivity contribution in [2.45, 2.75) is 6.92 Å². The zero-order valence-electron chi connectivity index (χ0n) is 10.1. The monoisotopic (exact) mass is 255 g/mol. The predicted molar refractivity (Wildman–Crippen MR) is 71.6 cm³/mol. The molecule has 2 amide bonds. The minimum atomic E-state index is -0.213. The first-order valence-electron chi connectivity index (χ1n) is 5.57. The van der Waals surface area contributed by atoms with Gasteiger partial charge in [0.05, 0.1) is 0 Å². The number of hydrogen-bond donors (Lipinski definition) is 3. The molecule has 1 unspecified atom stereocenters. The standard InChI is InChI=1S/C12H18ClN3O/c1-9(7-14-2)8-15-12(17)16-11-5-3-4-10(13)6-11/h3-6,9,14H,7-8H2,1-2H3,(H2,15,16,17). The second-order valence-electron chi connectivity index (χ2n) is 4.01. The molecule has 3 N–H and O–H groups in total. The molecule has 0 aliphatic heterocycles. The van der Waals surface area contributed by atoms with E-state index in [4.69, 9.17) is 11.6 Å². The van der Waals surface area contributed by atoms with Gasteiger partial charge in [0.15, 0.2) is 0 Å². The first-order chi connectivity index (χ1) is 8.11. The van der Waals surface area contributed by atoms with Gasteiger partial charge in [-0.15, -0.1) is 0 Å². The van der Waals surface area contributed by atoms with Crippen LogP contribution in [0.25, 0.3) is 0 Å². The molecular weight excluding hydrogens is 238 g/mol. The van der Waals surface area contributed by atoms with Crippen LogP contribution in [0.3, 0.4) is 0 Å². The van der Waals surface area contributed by atoms with E-state index in [-0.39, 0.29) is 6.03 Å². The fraction of sp³-hybridized carbons (Fsp3) is 0.417. The van der Waals surface area contributed by atoms with Crippen molar-refractivity contribution in [2.75, 3.05) is 25.5 Å². The van der Waals surface area contributed by atoms with Crippen LogP contribution < -0.4 is 16.0 Å². The van der Waals surface area contributed by atoms with Crippen molar-refractivity contribution in [3.05, 3.63) is 29.3 Å². The summed E-state index contributed by atoms with van der Waals surface area (Å²) in [4.78, 5) is 11.5. The van der Waals surface area contributed by atoms with Crippen LogP contribution in [0.5, 0.6) is 0 Å². The molecule has 0 spiro atoms. The lowest BCUT2D eigenvalue weighted by atomic mass is 10.2. The van der Waals surface area contributed by atoms with Crippen molar-refractivity contribution < 1.29 is 4.79 Å². The van der Waals surface area contributed by atoms with E-state index >= 15 is 0 Å². The van der Waals surface area contributed by atoms with Gasteiger partial charge >= 0.3 is 6.03 Å². The fourth-order valence-electron chi connectivity index (χ4n) is 1.43. The van der Waals surface area contributed by atoms with E-state index in [1.165, 1.54) is 0 Å². The summed E-state index contributed by atoms with van der Waals surface area (Å²) in [5.74, 6) is 0.394. The Bertz CT molecular complexity index is 371. The molecule has 0 aliphatic rings. The van der Waals surface area contributed by atoms with Gasteiger partial charge in [-0.2, -0.15) is 0 Å². The van der Waals surface area contributed by atoms with E-state index in [2.05, 4.69) is 22.9 Å². The molecule has 0 saturated heterocycles. The lowest BCUT2D eigenvalue weighted by Gasteiger charge is -2.12. The van der Waals surface area contributed by atoms with Crippen LogP contribution in [0.4, 0.5) is 10.5 Å². The third-order valence-electron chi connectivity index (χ3n) is 2.25. The van der Waals surface area contributed by atoms with Crippen LogP contribution in [0.15, 0.2) is 24.3 Å². The van der Waals surface area contributed by atoms with E-state index in [0.717, 1.165) is 6.54 Å². The number of amides is 2. The third-order valence-corrected chi connectivity index (χ3v) is 2.48. The minimum absolute atomic E-state index is 0.213. The van der Waals surface area contributed by atoms with Gasteiger partial charge in [0.2, 0.25) is 0 Å². The Hall–Kier alpha value is -1.26. The van der Waals surface area contributed by atoms with Crippen LogP contribution in [-0.4, -0.2) is 26.2 Å². The molecule has 5 heteroatoms. The summed E-state index contributed by atoms with van der Waals surface area (Å²) >= 11 is 5.82. The molecule has 1 rings (SSSR count). The fourth-order valence-corrected chi connectivity index (χ4v) is 1.62. The Morgan fingerprint density at radius 2 is 2.18 bits per heavy atom. The maximum Gasteiger partial charge on any atom is 0.319 e. The zero-order chi connectivity index (χ0) is 12.7. The van der Waals surface area contributed by atoms with Crippen LogP contribution in [0.1, 0.15) is 6.92 Å². The highest BCUT2D eigenvalue weighted by Crippen LogP contribution is 2.14. The summed E-state index contributed by atoms with van der Waals surface area (Å²) in [6.07, 6.45) is 0. The molecule has 0 heterocycles. The van der Waals surface area contributed by atoms with Gasteiger partial charge in [0, 0.05) is 17.3 Å². The number of urea groups is 1. The van der Waals surface area contributed by atoms with Crippen molar-refractivity contribution in [1.82, 2.24) is 10.6 Å². The van der Waals surface area contributed by atoms with Gasteiger partial charge in [-0.05, 0) is 37.7 Å². The normalized spacial score (nSPS) is 11.9. The summed E-state index contributed by atoms with van der Waals surface area (Å²) in [6.45, 7) is 3.57. The Kier molecular flexibility index (Phi) is 5.80. The maximum atomic E-state index is 11.5. The number of nitrogens with one attached hydrogen (secondary N) is 3. The number of anilines is 1. The zero-order valence-corrected chi connectivity index (χ0v) is 10.8. The molecule has 17 heavy (non-hydrogen) atoms. The van der Waals surface area contributed by atoms with E-state index in [1.807, 2.05) is 7.05 Å². The molecular formula is C12H18ClN3O. The molecule has 4 nitrogen and oxygen atoms in total. The number of carbonyl (C=O) groups is 1. The SMILES string of the molecule is CNCC(C)CNC(=O)Nc1cccc(Cl)c1. The average Bonchev–Trinajstić information content (AvgIpc) is 2.27. The molecule has 0 aromatic heterocycles. The number of halogens is 1. The van der Waals surface area contributed by atoms with Gasteiger partial charge in [-0.1, -0.05) is 24.6 Å². The van der Waals surface area contributed by atoms with Crippen LogP contribution in [0, 0.1) is 5.92 Å². The first-order valence-corrected chi connectivity index (χ1v) is 5.94. The number of carbonyl (C=O) groups excluding carboxylic acids is 1. The van der Waals surface area contributed by atoms with Gasteiger partial charge in [0.1, 0.15) is 0 Å². The molecule has 0 saturated carbocycles. The summed E-state index contributed by atoms with van der Waals surface area (Å²) in [5.41, 5.74) is 0.691. The van der Waals surface area contributed by atoms with Gasteiger partial charge in [-0.25, -0.2) is 4.79 Å². The summed E-state index contributed by atoms with van der Waals surface area (Å²) in [7, 11) is 1.89. The molecule has 1 aromatic rings. The van der Waals surface area contributed by atoms with E-state index in [1.54, 1.807) is 24.3 Å². The van der Waals surface area contributed by atoms with Crippen LogP contribution in [0.2, 0.25) is 5.02 Å². The molecule has 0 fully saturated rings. The summed E-state index contributed by atoms with van der Waals surface area (Å²) in [5, 5.41) is 9.19. The van der Waals surface area contributed by atoms with Crippen molar-refractivity contribution in [3.63, 3.8) is 0 Å². The van der Waals surface area contributed by atoms with E-state index < -0.39 is 0 Å². The lowest BCUT2D eigenvalue weighted by Crippen LogP contribution is -2.35. The van der Waals surface area contributed by atoms with Gasteiger partial charge in [0.25, 0.3) is 0 Å². The lowest BCUT2D eigenvalue weighted by molar-refractivity contribution is 0.250. The smallest absolute Gasteiger partial charge is 0.319 e. The Balaban J connectivity index is 2.34. The summed E-state index contributed by atoms with van der Waals surface area (Å²) < 4.78 is 0. The highest BCUT2D eigenvalue weighted by atomic mass is 35.5. The predicted octanol–water partition coefficient (Wildman–Crippen LogP) is 2.32.